The Balaban J connectivity index is 2.71. The van der Waals surface area contributed by atoms with Gasteiger partial charge in [0.1, 0.15) is 0 Å². The molecule has 68 valence electrons. The number of carbonyl (C=O) groups is 1. The minimum Gasteiger partial charge on any atom is -0.438 e. The highest BCUT2D eigenvalue weighted by molar-refractivity contribution is 5.92. The predicted octanol–water partition coefficient (Wildman–Crippen LogP) is 0.735. The van der Waals surface area contributed by atoms with Gasteiger partial charge in [0.05, 0.1) is 11.7 Å². The van der Waals surface area contributed by atoms with E-state index in [4.69, 9.17) is 10.8 Å². The summed E-state index contributed by atoms with van der Waals surface area (Å²) in [6.45, 7) is 3.41. The third kappa shape index (κ3) is 2.09. The molecule has 0 aliphatic heterocycles. The molecule has 1 aromatic rings. The Hall–Kier alpha value is -1.76. The van der Waals surface area contributed by atoms with E-state index in [1.54, 1.807) is 13.8 Å². The number of oxazole rings is 1. The predicted molar refractivity (Wildman–Crippen MR) is 47.0 cm³/mol. The van der Waals surface area contributed by atoms with Gasteiger partial charge in [0.15, 0.2) is 6.39 Å². The van der Waals surface area contributed by atoms with E-state index >= 15 is 0 Å². The van der Waals surface area contributed by atoms with E-state index in [-0.39, 0.29) is 17.7 Å². The number of nitrogens with zero attached hydrogens (tertiary/aromatic N) is 1. The van der Waals surface area contributed by atoms with Gasteiger partial charge in [0, 0.05) is 0 Å². The van der Waals surface area contributed by atoms with Gasteiger partial charge >= 0.3 is 0 Å². The van der Waals surface area contributed by atoms with Crippen LogP contribution in [0.2, 0.25) is 0 Å². The van der Waals surface area contributed by atoms with Crippen molar-refractivity contribution in [2.45, 2.75) is 19.9 Å². The summed E-state index contributed by atoms with van der Waals surface area (Å²) >= 11 is 0. The second kappa shape index (κ2) is 3.76. The standard InChI is InChI=1S/C9H10N2O2/c1-4-6(2)11-9(12)8-7(3)10-5-13-8/h1,5-6H,2-3H3,(H,11,12). The molecule has 0 saturated carbocycles. The van der Waals surface area contributed by atoms with Crippen molar-refractivity contribution in [1.29, 1.82) is 0 Å². The second-order valence-corrected chi connectivity index (χ2v) is 2.63. The molecule has 0 bridgehead atoms. The largest absolute Gasteiger partial charge is 0.438 e. The lowest BCUT2D eigenvalue weighted by Gasteiger charge is -2.04. The summed E-state index contributed by atoms with van der Waals surface area (Å²) in [5, 5.41) is 2.56. The van der Waals surface area contributed by atoms with Crippen molar-refractivity contribution in [1.82, 2.24) is 10.3 Å². The molecule has 1 aromatic heterocycles. The van der Waals surface area contributed by atoms with Crippen molar-refractivity contribution in [3.8, 4) is 12.3 Å². The van der Waals surface area contributed by atoms with E-state index in [9.17, 15) is 4.79 Å². The molecule has 0 fully saturated rings. The lowest BCUT2D eigenvalue weighted by Crippen LogP contribution is -2.31. The topological polar surface area (TPSA) is 55.1 Å². The molecular weight excluding hydrogens is 168 g/mol. The van der Waals surface area contributed by atoms with Gasteiger partial charge in [-0.2, -0.15) is 0 Å². The second-order valence-electron chi connectivity index (χ2n) is 2.63. The fourth-order valence-corrected chi connectivity index (χ4v) is 0.824. The number of hydrogen-bond donors (Lipinski definition) is 1. The van der Waals surface area contributed by atoms with Crippen LogP contribution in [0.1, 0.15) is 23.2 Å². The molecule has 1 N–H and O–H groups in total. The zero-order valence-electron chi connectivity index (χ0n) is 7.50. The van der Waals surface area contributed by atoms with Crippen LogP contribution in [0.3, 0.4) is 0 Å². The lowest BCUT2D eigenvalue weighted by molar-refractivity contribution is 0.0919. The van der Waals surface area contributed by atoms with Crippen LogP contribution in [-0.2, 0) is 0 Å². The number of rotatable bonds is 2. The quantitative estimate of drug-likeness (QED) is 0.679. The maximum absolute atomic E-state index is 11.4. The average Bonchev–Trinajstić information content (AvgIpc) is 2.51. The number of amides is 1. The van der Waals surface area contributed by atoms with E-state index in [0.29, 0.717) is 5.69 Å². The highest BCUT2D eigenvalue weighted by Gasteiger charge is 2.14. The molecule has 1 rings (SSSR count). The van der Waals surface area contributed by atoms with Crippen molar-refractivity contribution in [3.05, 3.63) is 17.8 Å². The van der Waals surface area contributed by atoms with Gasteiger partial charge in [0.25, 0.3) is 5.91 Å². The van der Waals surface area contributed by atoms with Crippen LogP contribution in [-0.4, -0.2) is 16.9 Å². The van der Waals surface area contributed by atoms with E-state index in [1.807, 2.05) is 0 Å². The first-order chi connectivity index (χ1) is 6.15. The first-order valence-corrected chi connectivity index (χ1v) is 3.82. The number of nitrogens with one attached hydrogen (secondary N) is 1. The van der Waals surface area contributed by atoms with Crippen LogP contribution in [0.4, 0.5) is 0 Å². The van der Waals surface area contributed by atoms with Gasteiger partial charge in [-0.25, -0.2) is 4.98 Å². The summed E-state index contributed by atoms with van der Waals surface area (Å²) in [6.07, 6.45) is 6.33. The molecule has 0 aromatic carbocycles. The van der Waals surface area contributed by atoms with Crippen LogP contribution in [0.5, 0.6) is 0 Å². The first-order valence-electron chi connectivity index (χ1n) is 3.82. The molecule has 1 atom stereocenters. The van der Waals surface area contributed by atoms with Crippen LogP contribution in [0.15, 0.2) is 10.8 Å². The van der Waals surface area contributed by atoms with Gasteiger partial charge in [-0.15, -0.1) is 6.42 Å². The Kier molecular flexibility index (Phi) is 2.70. The fraction of sp³-hybridized carbons (Fsp3) is 0.333. The SMILES string of the molecule is C#CC(C)NC(=O)c1ocnc1C. The Labute approximate surface area is 76.3 Å². The maximum Gasteiger partial charge on any atom is 0.289 e. The molecule has 0 saturated heterocycles. The lowest BCUT2D eigenvalue weighted by atomic mass is 10.3. The van der Waals surface area contributed by atoms with Crippen molar-refractivity contribution < 1.29 is 9.21 Å². The van der Waals surface area contributed by atoms with E-state index < -0.39 is 0 Å². The van der Waals surface area contributed by atoms with Gasteiger partial charge in [-0.3, -0.25) is 4.79 Å². The molecule has 1 heterocycles. The van der Waals surface area contributed by atoms with Crippen molar-refractivity contribution in [2.75, 3.05) is 0 Å². The van der Waals surface area contributed by atoms with E-state index in [0.717, 1.165) is 0 Å². The molecule has 0 spiro atoms. The smallest absolute Gasteiger partial charge is 0.289 e. The molecule has 0 aliphatic rings. The third-order valence-electron chi connectivity index (χ3n) is 1.55. The zero-order chi connectivity index (χ0) is 9.84. The number of terminal acetylenes is 1. The Morgan fingerprint density at radius 3 is 3.00 bits per heavy atom. The monoisotopic (exact) mass is 178 g/mol. The van der Waals surface area contributed by atoms with Crippen molar-refractivity contribution in [3.63, 3.8) is 0 Å². The summed E-state index contributed by atoms with van der Waals surface area (Å²) < 4.78 is 4.88. The molecule has 13 heavy (non-hydrogen) atoms. The fourth-order valence-electron chi connectivity index (χ4n) is 0.824. The van der Waals surface area contributed by atoms with Crippen LogP contribution in [0, 0.1) is 19.3 Å². The van der Waals surface area contributed by atoms with Crippen LogP contribution >= 0.6 is 0 Å². The number of aromatic nitrogens is 1. The Morgan fingerprint density at radius 2 is 2.54 bits per heavy atom. The summed E-state index contributed by atoms with van der Waals surface area (Å²) in [5.74, 6) is 2.26. The highest BCUT2D eigenvalue weighted by Crippen LogP contribution is 2.04. The van der Waals surface area contributed by atoms with Crippen molar-refractivity contribution in [2.24, 2.45) is 0 Å². The zero-order valence-corrected chi connectivity index (χ0v) is 7.50. The molecule has 0 aliphatic carbocycles. The van der Waals surface area contributed by atoms with Gasteiger partial charge in [0.2, 0.25) is 5.76 Å². The van der Waals surface area contributed by atoms with Gasteiger partial charge in [-0.05, 0) is 13.8 Å². The van der Waals surface area contributed by atoms with Gasteiger partial charge in [-0.1, -0.05) is 5.92 Å². The molecule has 4 heteroatoms. The summed E-state index contributed by atoms with van der Waals surface area (Å²) in [7, 11) is 0. The van der Waals surface area contributed by atoms with Crippen LogP contribution in [0.25, 0.3) is 0 Å². The maximum atomic E-state index is 11.4. The Bertz CT molecular complexity index is 349. The molecule has 4 nitrogen and oxygen atoms in total. The van der Waals surface area contributed by atoms with E-state index in [1.165, 1.54) is 6.39 Å². The summed E-state index contributed by atoms with van der Waals surface area (Å²) in [4.78, 5) is 15.1. The number of hydrogen-bond acceptors (Lipinski definition) is 3. The van der Waals surface area contributed by atoms with E-state index in [2.05, 4.69) is 16.2 Å². The highest BCUT2D eigenvalue weighted by atomic mass is 16.3. The molecule has 1 unspecified atom stereocenters. The number of carbonyl (C=O) groups excluding carboxylic acids is 1. The van der Waals surface area contributed by atoms with Gasteiger partial charge < -0.3 is 9.73 Å². The van der Waals surface area contributed by atoms with Crippen LogP contribution < -0.4 is 5.32 Å². The summed E-state index contributed by atoms with van der Waals surface area (Å²) in [5.41, 5.74) is 0.557. The molecular formula is C9H10N2O2. The minimum atomic E-state index is -0.333. The molecule has 0 radical (unpaired) electrons. The summed E-state index contributed by atoms with van der Waals surface area (Å²) in [6, 6.07) is -0.308. The first kappa shape index (κ1) is 9.33. The minimum absolute atomic E-state index is 0.210. The third-order valence-corrected chi connectivity index (χ3v) is 1.55. The van der Waals surface area contributed by atoms with Crippen molar-refractivity contribution >= 4 is 5.91 Å². The number of aryl methyl sites for hydroxylation is 1. The Morgan fingerprint density at radius 1 is 1.85 bits per heavy atom. The molecule has 1 amide bonds. The average molecular weight is 178 g/mol. The normalized spacial score (nSPS) is 11.8.